The van der Waals surface area contributed by atoms with Gasteiger partial charge < -0.3 is 11.1 Å². The number of hydrogen-bond donors (Lipinski definition) is 2. The Morgan fingerprint density at radius 3 is 2.65 bits per heavy atom. The van der Waals surface area contributed by atoms with Crippen molar-refractivity contribution in [1.29, 1.82) is 0 Å². The number of aryl methyl sites for hydroxylation is 1. The van der Waals surface area contributed by atoms with E-state index >= 15 is 0 Å². The van der Waals surface area contributed by atoms with Crippen LogP contribution in [0.3, 0.4) is 0 Å². The molecule has 1 rings (SSSR count). The van der Waals surface area contributed by atoms with Crippen molar-refractivity contribution in [3.63, 3.8) is 0 Å². The number of halogens is 1. The molecule has 0 radical (unpaired) electrons. The fourth-order valence-corrected chi connectivity index (χ4v) is 2.32. The minimum absolute atomic E-state index is 0.158. The summed E-state index contributed by atoms with van der Waals surface area (Å²) < 4.78 is 0.881. The third-order valence-corrected chi connectivity index (χ3v) is 3.10. The quantitative estimate of drug-likeness (QED) is 0.840. The van der Waals surface area contributed by atoms with E-state index in [1.54, 1.807) is 6.07 Å². The zero-order chi connectivity index (χ0) is 13.0. The van der Waals surface area contributed by atoms with Crippen LogP contribution in [0.4, 0.5) is 0 Å². The lowest BCUT2D eigenvalue weighted by atomic mass is 10.1. The molecule has 0 fully saturated rings. The van der Waals surface area contributed by atoms with Crippen LogP contribution in [0.5, 0.6) is 0 Å². The smallest absolute Gasteiger partial charge is 0.251 e. The van der Waals surface area contributed by atoms with Gasteiger partial charge in [-0.2, -0.15) is 0 Å². The predicted octanol–water partition coefficient (Wildman–Crippen LogP) is 2.55. The molecule has 1 aromatic carbocycles. The predicted molar refractivity (Wildman–Crippen MR) is 77.2 cm³/mol. The van der Waals surface area contributed by atoms with Crippen LogP contribution >= 0.6 is 28.1 Å². The standard InChI is InChI=1S/C12H15BrN2OS/c1-3-10(11(14)17)15-12(16)8-4-7(2)5-9(13)6-8/h4-6,10H,3H2,1-2H3,(H2,14,17)(H,15,16). The van der Waals surface area contributed by atoms with Gasteiger partial charge in [0.1, 0.15) is 0 Å². The number of carbonyl (C=O) groups is 1. The lowest BCUT2D eigenvalue weighted by molar-refractivity contribution is 0.0946. The number of carbonyl (C=O) groups excluding carboxylic acids is 1. The Kier molecular flexibility index (Phi) is 5.08. The Hall–Kier alpha value is -0.940. The molecule has 0 aliphatic heterocycles. The third-order valence-electron chi connectivity index (χ3n) is 2.36. The van der Waals surface area contributed by atoms with Gasteiger partial charge >= 0.3 is 0 Å². The van der Waals surface area contributed by atoms with Gasteiger partial charge in [-0.05, 0) is 37.1 Å². The van der Waals surface area contributed by atoms with Crippen molar-refractivity contribution in [2.45, 2.75) is 26.3 Å². The molecule has 1 aromatic rings. The molecular weight excluding hydrogens is 300 g/mol. The molecule has 1 unspecified atom stereocenters. The molecule has 92 valence electrons. The second-order valence-corrected chi connectivity index (χ2v) is 5.24. The van der Waals surface area contributed by atoms with E-state index in [2.05, 4.69) is 21.2 Å². The Labute approximate surface area is 115 Å². The lowest BCUT2D eigenvalue weighted by Crippen LogP contribution is -2.43. The van der Waals surface area contributed by atoms with Crippen LogP contribution in [0.15, 0.2) is 22.7 Å². The van der Waals surface area contributed by atoms with Crippen LogP contribution in [0.25, 0.3) is 0 Å². The van der Waals surface area contributed by atoms with Gasteiger partial charge in [0.25, 0.3) is 5.91 Å². The highest BCUT2D eigenvalue weighted by Gasteiger charge is 2.14. The van der Waals surface area contributed by atoms with Crippen molar-refractivity contribution in [2.24, 2.45) is 5.73 Å². The van der Waals surface area contributed by atoms with E-state index in [0.717, 1.165) is 10.0 Å². The number of thiocarbonyl (C=S) groups is 1. The zero-order valence-corrected chi connectivity index (χ0v) is 12.2. The second kappa shape index (κ2) is 6.12. The number of amides is 1. The molecule has 0 aliphatic rings. The van der Waals surface area contributed by atoms with Crippen molar-refractivity contribution in [2.75, 3.05) is 0 Å². The first kappa shape index (κ1) is 14.1. The van der Waals surface area contributed by atoms with Crippen molar-refractivity contribution < 1.29 is 4.79 Å². The van der Waals surface area contributed by atoms with E-state index in [1.807, 2.05) is 26.0 Å². The van der Waals surface area contributed by atoms with Crippen molar-refractivity contribution in [3.8, 4) is 0 Å². The molecule has 0 saturated carbocycles. The maximum Gasteiger partial charge on any atom is 0.251 e. The fraction of sp³-hybridized carbons (Fsp3) is 0.333. The van der Waals surface area contributed by atoms with E-state index in [4.69, 9.17) is 18.0 Å². The highest BCUT2D eigenvalue weighted by molar-refractivity contribution is 9.10. The normalized spacial score (nSPS) is 11.9. The third kappa shape index (κ3) is 4.09. The molecule has 17 heavy (non-hydrogen) atoms. The molecule has 0 aliphatic carbocycles. The van der Waals surface area contributed by atoms with Crippen molar-refractivity contribution in [3.05, 3.63) is 33.8 Å². The first-order valence-electron chi connectivity index (χ1n) is 5.31. The second-order valence-electron chi connectivity index (χ2n) is 3.85. The summed E-state index contributed by atoms with van der Waals surface area (Å²) >= 11 is 8.25. The summed E-state index contributed by atoms with van der Waals surface area (Å²) in [6.45, 7) is 3.86. The maximum absolute atomic E-state index is 12.0. The van der Waals surface area contributed by atoms with Crippen molar-refractivity contribution >= 4 is 39.0 Å². The molecule has 1 atom stereocenters. The van der Waals surface area contributed by atoms with Crippen molar-refractivity contribution in [1.82, 2.24) is 5.32 Å². The average molecular weight is 315 g/mol. The minimum atomic E-state index is -0.253. The Balaban J connectivity index is 2.86. The maximum atomic E-state index is 12.0. The van der Waals surface area contributed by atoms with Crippen LogP contribution in [0.2, 0.25) is 0 Å². The molecule has 1 amide bonds. The topological polar surface area (TPSA) is 55.1 Å². The summed E-state index contributed by atoms with van der Waals surface area (Å²) in [4.78, 5) is 12.3. The van der Waals surface area contributed by atoms with Gasteiger partial charge in [-0.1, -0.05) is 35.1 Å². The molecule has 3 nitrogen and oxygen atoms in total. The summed E-state index contributed by atoms with van der Waals surface area (Å²) in [6, 6.07) is 5.29. The number of nitrogens with one attached hydrogen (secondary N) is 1. The summed E-state index contributed by atoms with van der Waals surface area (Å²) in [5.74, 6) is -0.158. The van der Waals surface area contributed by atoms with E-state index < -0.39 is 0 Å². The monoisotopic (exact) mass is 314 g/mol. The fourth-order valence-electron chi connectivity index (χ4n) is 1.48. The van der Waals surface area contributed by atoms with Gasteiger partial charge in [-0.15, -0.1) is 0 Å². The van der Waals surface area contributed by atoms with Crippen LogP contribution in [0, 0.1) is 6.92 Å². The zero-order valence-electron chi connectivity index (χ0n) is 9.79. The summed E-state index contributed by atoms with van der Waals surface area (Å²) in [6.07, 6.45) is 0.689. The van der Waals surface area contributed by atoms with Gasteiger partial charge in [0.05, 0.1) is 11.0 Å². The Bertz CT molecular complexity index is 428. The summed E-state index contributed by atoms with van der Waals surface area (Å²) in [5, 5.41) is 2.81. The van der Waals surface area contributed by atoms with E-state index in [-0.39, 0.29) is 11.9 Å². The first-order valence-corrected chi connectivity index (χ1v) is 6.51. The van der Waals surface area contributed by atoms with Gasteiger partial charge in [0.2, 0.25) is 0 Å². The van der Waals surface area contributed by atoms with E-state index in [0.29, 0.717) is 17.0 Å². The molecular formula is C12H15BrN2OS. The van der Waals surface area contributed by atoms with Crippen LogP contribution < -0.4 is 11.1 Å². The molecule has 0 heterocycles. The lowest BCUT2D eigenvalue weighted by Gasteiger charge is -2.15. The number of hydrogen-bond acceptors (Lipinski definition) is 2. The number of nitrogens with two attached hydrogens (primary N) is 1. The van der Waals surface area contributed by atoms with Gasteiger partial charge in [-0.3, -0.25) is 4.79 Å². The summed E-state index contributed by atoms with van der Waals surface area (Å²) in [5.41, 5.74) is 7.17. The van der Waals surface area contributed by atoms with E-state index in [1.165, 1.54) is 0 Å². The number of rotatable bonds is 4. The molecule has 0 spiro atoms. The van der Waals surface area contributed by atoms with Gasteiger partial charge in [0, 0.05) is 10.0 Å². The summed E-state index contributed by atoms with van der Waals surface area (Å²) in [7, 11) is 0. The highest BCUT2D eigenvalue weighted by Crippen LogP contribution is 2.15. The first-order chi connectivity index (χ1) is 7.93. The van der Waals surface area contributed by atoms with Crippen LogP contribution in [-0.2, 0) is 0 Å². The van der Waals surface area contributed by atoms with Crippen LogP contribution in [-0.4, -0.2) is 16.9 Å². The van der Waals surface area contributed by atoms with Gasteiger partial charge in [0.15, 0.2) is 0 Å². The highest BCUT2D eigenvalue weighted by atomic mass is 79.9. The Morgan fingerprint density at radius 1 is 1.53 bits per heavy atom. The molecule has 5 heteroatoms. The SMILES string of the molecule is CCC(NC(=O)c1cc(C)cc(Br)c1)C(N)=S. The minimum Gasteiger partial charge on any atom is -0.392 e. The number of benzene rings is 1. The van der Waals surface area contributed by atoms with Gasteiger partial charge in [-0.25, -0.2) is 0 Å². The molecule has 0 saturated heterocycles. The average Bonchev–Trinajstić information content (AvgIpc) is 2.23. The van der Waals surface area contributed by atoms with E-state index in [9.17, 15) is 4.79 Å². The molecule has 0 aromatic heterocycles. The van der Waals surface area contributed by atoms with Crippen LogP contribution in [0.1, 0.15) is 29.3 Å². The molecule has 0 bridgehead atoms. The largest absolute Gasteiger partial charge is 0.392 e. The molecule has 3 N–H and O–H groups in total. The Morgan fingerprint density at radius 2 is 2.18 bits per heavy atom.